The van der Waals surface area contributed by atoms with Crippen LogP contribution in [0, 0.1) is 13.8 Å². The van der Waals surface area contributed by atoms with Gasteiger partial charge in [0.2, 0.25) is 10.0 Å². The Morgan fingerprint density at radius 1 is 1.06 bits per heavy atom. The number of rotatable bonds is 6. The first-order chi connectivity index (χ1) is 15.1. The summed E-state index contributed by atoms with van der Waals surface area (Å²) in [7, 11) is -3.62. The highest BCUT2D eigenvalue weighted by Crippen LogP contribution is 2.24. The molecule has 1 saturated heterocycles. The molecule has 1 N–H and O–H groups in total. The molecular formula is C23H31N3O5S. The van der Waals surface area contributed by atoms with E-state index in [1.807, 2.05) is 12.1 Å². The molecule has 1 aliphatic rings. The van der Waals surface area contributed by atoms with E-state index < -0.39 is 16.0 Å². The number of aryl methyl sites for hydroxylation is 1. The number of benzene rings is 1. The maximum Gasteiger partial charge on any atom is 0.355 e. The van der Waals surface area contributed by atoms with Crippen molar-refractivity contribution < 1.29 is 22.7 Å². The Balaban J connectivity index is 1.72. The van der Waals surface area contributed by atoms with Gasteiger partial charge in [-0.3, -0.25) is 4.79 Å². The van der Waals surface area contributed by atoms with Crippen LogP contribution in [0.25, 0.3) is 0 Å². The van der Waals surface area contributed by atoms with Gasteiger partial charge in [-0.2, -0.15) is 4.31 Å². The van der Waals surface area contributed by atoms with Gasteiger partial charge in [0.1, 0.15) is 5.69 Å². The predicted molar refractivity (Wildman–Crippen MR) is 121 cm³/mol. The highest BCUT2D eigenvalue weighted by atomic mass is 32.2. The highest BCUT2D eigenvalue weighted by molar-refractivity contribution is 7.89. The lowest BCUT2D eigenvalue weighted by molar-refractivity contribution is 0.0519. The average molecular weight is 462 g/mol. The first kappa shape index (κ1) is 24.0. The number of nitrogens with zero attached hydrogens (tertiary/aromatic N) is 2. The Morgan fingerprint density at radius 3 is 2.19 bits per heavy atom. The minimum Gasteiger partial charge on any atom is -0.461 e. The van der Waals surface area contributed by atoms with Crippen molar-refractivity contribution in [2.45, 2.75) is 45.4 Å². The van der Waals surface area contributed by atoms with Crippen molar-refractivity contribution in [1.29, 1.82) is 0 Å². The number of amides is 1. The van der Waals surface area contributed by atoms with E-state index in [2.05, 4.69) is 18.8 Å². The number of ether oxygens (including phenoxy) is 1. The molecule has 1 aromatic heterocycles. The van der Waals surface area contributed by atoms with Gasteiger partial charge in [0.25, 0.3) is 5.91 Å². The van der Waals surface area contributed by atoms with Crippen LogP contribution in [0.3, 0.4) is 0 Å². The summed E-state index contributed by atoms with van der Waals surface area (Å²) in [5.74, 6) is -0.386. The second kappa shape index (κ2) is 9.46. The predicted octanol–water partition coefficient (Wildman–Crippen LogP) is 3.08. The van der Waals surface area contributed by atoms with E-state index in [0.29, 0.717) is 22.7 Å². The van der Waals surface area contributed by atoms with Crippen molar-refractivity contribution in [3.05, 3.63) is 52.3 Å². The topological polar surface area (TPSA) is 99.8 Å². The molecule has 2 aromatic rings. The van der Waals surface area contributed by atoms with Gasteiger partial charge in [-0.15, -0.1) is 0 Å². The first-order valence-electron chi connectivity index (χ1n) is 10.8. The molecule has 1 fully saturated rings. The summed E-state index contributed by atoms with van der Waals surface area (Å²) in [5.41, 5.74) is 2.94. The second-order valence-corrected chi connectivity index (χ2v) is 10.2. The number of nitrogens with one attached hydrogen (secondary N) is 1. The van der Waals surface area contributed by atoms with Crippen molar-refractivity contribution >= 4 is 21.9 Å². The van der Waals surface area contributed by atoms with Crippen molar-refractivity contribution in [2.75, 3.05) is 32.8 Å². The van der Waals surface area contributed by atoms with E-state index in [0.717, 1.165) is 5.56 Å². The average Bonchev–Trinajstić information content (AvgIpc) is 3.07. The van der Waals surface area contributed by atoms with Crippen LogP contribution >= 0.6 is 0 Å². The number of aromatic amines is 1. The second-order valence-electron chi connectivity index (χ2n) is 8.27. The van der Waals surface area contributed by atoms with Crippen LogP contribution < -0.4 is 0 Å². The van der Waals surface area contributed by atoms with Crippen molar-refractivity contribution in [3.63, 3.8) is 0 Å². The highest BCUT2D eigenvalue weighted by Gasteiger charge is 2.32. The van der Waals surface area contributed by atoms with Crippen molar-refractivity contribution in [3.8, 4) is 0 Å². The minimum atomic E-state index is -3.62. The van der Waals surface area contributed by atoms with E-state index in [9.17, 15) is 18.0 Å². The van der Waals surface area contributed by atoms with Gasteiger partial charge in [0.05, 0.1) is 17.1 Å². The third-order valence-corrected chi connectivity index (χ3v) is 7.75. The molecule has 9 heteroatoms. The van der Waals surface area contributed by atoms with E-state index in [-0.39, 0.29) is 49.3 Å². The summed E-state index contributed by atoms with van der Waals surface area (Å²) in [6.07, 6.45) is 0. The van der Waals surface area contributed by atoms with E-state index in [1.165, 1.54) is 4.31 Å². The molecule has 0 saturated carbocycles. The van der Waals surface area contributed by atoms with Gasteiger partial charge in [0, 0.05) is 31.9 Å². The molecule has 0 atom stereocenters. The molecule has 0 spiro atoms. The summed E-state index contributed by atoms with van der Waals surface area (Å²) in [6, 6.07) is 6.98. The molecule has 174 valence electrons. The largest absolute Gasteiger partial charge is 0.461 e. The van der Waals surface area contributed by atoms with Gasteiger partial charge in [-0.05, 0) is 49.9 Å². The number of esters is 1. The van der Waals surface area contributed by atoms with Crippen molar-refractivity contribution in [1.82, 2.24) is 14.2 Å². The lowest BCUT2D eigenvalue weighted by atomic mass is 10.0. The molecule has 1 amide bonds. The van der Waals surface area contributed by atoms with Crippen LogP contribution in [-0.4, -0.2) is 67.3 Å². The van der Waals surface area contributed by atoms with Gasteiger partial charge < -0.3 is 14.6 Å². The number of aromatic nitrogens is 1. The molecule has 8 nitrogen and oxygen atoms in total. The quantitative estimate of drug-likeness (QED) is 0.667. The van der Waals surface area contributed by atoms with Crippen LogP contribution in [0.5, 0.6) is 0 Å². The lowest BCUT2D eigenvalue weighted by Crippen LogP contribution is -2.50. The summed E-state index contributed by atoms with van der Waals surface area (Å²) < 4.78 is 32.5. The number of piperazine rings is 1. The number of carbonyl (C=O) groups is 2. The van der Waals surface area contributed by atoms with Crippen LogP contribution in [-0.2, 0) is 14.8 Å². The number of sulfonamides is 1. The molecule has 3 rings (SSSR count). The summed E-state index contributed by atoms with van der Waals surface area (Å²) in [4.78, 5) is 30.1. The lowest BCUT2D eigenvalue weighted by Gasteiger charge is -2.34. The van der Waals surface area contributed by atoms with Gasteiger partial charge in [0.15, 0.2) is 0 Å². The summed E-state index contributed by atoms with van der Waals surface area (Å²) >= 11 is 0. The standard InChI is InChI=1S/C23H31N3O5S/c1-6-31-23(28)21-16(4)20(17(5)24-21)22(27)25-11-13-26(14-12-25)32(29,30)19-9-7-18(8-10-19)15(2)3/h7-10,15,24H,6,11-14H2,1-5H3. The number of H-pyrrole nitrogens is 1. The Kier molecular flexibility index (Phi) is 7.09. The van der Waals surface area contributed by atoms with E-state index in [4.69, 9.17) is 4.74 Å². The smallest absolute Gasteiger partial charge is 0.355 e. The number of hydrogen-bond donors (Lipinski definition) is 1. The third kappa shape index (κ3) is 4.59. The fraction of sp³-hybridized carbons (Fsp3) is 0.478. The third-order valence-electron chi connectivity index (χ3n) is 5.84. The zero-order valence-corrected chi connectivity index (χ0v) is 20.1. The van der Waals surface area contributed by atoms with Gasteiger partial charge in [-0.25, -0.2) is 13.2 Å². The van der Waals surface area contributed by atoms with Gasteiger partial charge >= 0.3 is 5.97 Å². The minimum absolute atomic E-state index is 0.216. The van der Waals surface area contributed by atoms with E-state index >= 15 is 0 Å². The Labute approximate surface area is 189 Å². The van der Waals surface area contributed by atoms with Crippen LogP contribution in [0.2, 0.25) is 0 Å². The SMILES string of the molecule is CCOC(=O)c1[nH]c(C)c(C(=O)N2CCN(S(=O)(=O)c3ccc(C(C)C)cc3)CC2)c1C. The normalized spacial score (nSPS) is 15.2. The summed E-state index contributed by atoms with van der Waals surface area (Å²) in [6.45, 7) is 10.5. The monoisotopic (exact) mass is 461 g/mol. The fourth-order valence-electron chi connectivity index (χ4n) is 3.94. The molecule has 0 radical (unpaired) electrons. The van der Waals surface area contributed by atoms with E-state index in [1.54, 1.807) is 37.8 Å². The number of carbonyl (C=O) groups excluding carboxylic acids is 2. The zero-order chi connectivity index (χ0) is 23.6. The summed E-state index contributed by atoms with van der Waals surface area (Å²) in [5, 5.41) is 0. The van der Waals surface area contributed by atoms with Crippen LogP contribution in [0.1, 0.15) is 64.4 Å². The molecule has 2 heterocycles. The maximum atomic E-state index is 13.1. The molecule has 1 aliphatic heterocycles. The Morgan fingerprint density at radius 2 is 1.66 bits per heavy atom. The van der Waals surface area contributed by atoms with Crippen molar-refractivity contribution in [2.24, 2.45) is 0 Å². The first-order valence-corrected chi connectivity index (χ1v) is 12.3. The molecular weight excluding hydrogens is 430 g/mol. The number of hydrogen-bond acceptors (Lipinski definition) is 5. The van der Waals surface area contributed by atoms with Crippen LogP contribution in [0.4, 0.5) is 0 Å². The molecule has 1 aromatic carbocycles. The Hall–Kier alpha value is -2.65. The molecule has 32 heavy (non-hydrogen) atoms. The van der Waals surface area contributed by atoms with Crippen LogP contribution in [0.15, 0.2) is 29.2 Å². The Bertz CT molecular complexity index is 1100. The molecule has 0 unspecified atom stereocenters. The molecule has 0 aliphatic carbocycles. The zero-order valence-electron chi connectivity index (χ0n) is 19.3. The fourth-order valence-corrected chi connectivity index (χ4v) is 5.36. The molecule has 0 bridgehead atoms. The van der Waals surface area contributed by atoms with Gasteiger partial charge in [-0.1, -0.05) is 26.0 Å². The maximum absolute atomic E-state index is 13.1.